The minimum absolute atomic E-state index is 0.168. The highest BCUT2D eigenvalue weighted by atomic mass is 16.5. The third kappa shape index (κ3) is 2.46. The van der Waals surface area contributed by atoms with Crippen LogP contribution in [0.4, 0.5) is 0 Å². The standard InChI is InChI=1S/C11H17N3O3/c1-3-8-12-9(17-13-8)6-14-5-4-7(2)10(14)11(15)16/h7,10H,3-6H2,1-2H3,(H,15,16). The van der Waals surface area contributed by atoms with Gasteiger partial charge in [0.05, 0.1) is 6.54 Å². The van der Waals surface area contributed by atoms with Gasteiger partial charge in [0.1, 0.15) is 6.04 Å². The van der Waals surface area contributed by atoms with Crippen LogP contribution in [0.15, 0.2) is 4.52 Å². The summed E-state index contributed by atoms with van der Waals surface area (Å²) in [4.78, 5) is 17.3. The Hall–Kier alpha value is -1.43. The average Bonchev–Trinajstić information content (AvgIpc) is 2.86. The summed E-state index contributed by atoms with van der Waals surface area (Å²) in [6.07, 6.45) is 1.62. The van der Waals surface area contributed by atoms with E-state index in [9.17, 15) is 9.90 Å². The Morgan fingerprint density at radius 2 is 2.41 bits per heavy atom. The van der Waals surface area contributed by atoms with Gasteiger partial charge < -0.3 is 9.63 Å². The fourth-order valence-corrected chi connectivity index (χ4v) is 2.27. The van der Waals surface area contributed by atoms with E-state index in [1.54, 1.807) is 0 Å². The predicted molar refractivity (Wildman–Crippen MR) is 59.3 cm³/mol. The molecule has 1 fully saturated rings. The largest absolute Gasteiger partial charge is 0.480 e. The maximum atomic E-state index is 11.2. The fraction of sp³-hybridized carbons (Fsp3) is 0.727. The monoisotopic (exact) mass is 239 g/mol. The summed E-state index contributed by atoms with van der Waals surface area (Å²) in [7, 11) is 0. The highest BCUT2D eigenvalue weighted by Crippen LogP contribution is 2.25. The van der Waals surface area contributed by atoms with Gasteiger partial charge >= 0.3 is 5.97 Å². The SMILES string of the molecule is CCc1noc(CN2CCC(C)C2C(=O)O)n1. The van der Waals surface area contributed by atoms with Crippen molar-refractivity contribution in [3.8, 4) is 0 Å². The van der Waals surface area contributed by atoms with Gasteiger partial charge in [-0.3, -0.25) is 9.69 Å². The molecule has 0 saturated carbocycles. The van der Waals surface area contributed by atoms with Gasteiger partial charge in [0.2, 0.25) is 5.89 Å². The minimum Gasteiger partial charge on any atom is -0.480 e. The Balaban J connectivity index is 2.05. The number of aryl methyl sites for hydroxylation is 1. The molecule has 1 aromatic rings. The van der Waals surface area contributed by atoms with E-state index < -0.39 is 12.0 Å². The molecule has 2 atom stereocenters. The molecule has 6 nitrogen and oxygen atoms in total. The molecule has 6 heteroatoms. The van der Waals surface area contributed by atoms with Crippen LogP contribution in [0.5, 0.6) is 0 Å². The smallest absolute Gasteiger partial charge is 0.321 e. The Morgan fingerprint density at radius 3 is 3.00 bits per heavy atom. The molecule has 17 heavy (non-hydrogen) atoms. The molecule has 0 amide bonds. The molecule has 0 spiro atoms. The first-order chi connectivity index (χ1) is 8.11. The first-order valence-corrected chi connectivity index (χ1v) is 5.90. The number of carbonyl (C=O) groups is 1. The fourth-order valence-electron chi connectivity index (χ4n) is 2.27. The van der Waals surface area contributed by atoms with Crippen molar-refractivity contribution in [2.24, 2.45) is 5.92 Å². The average molecular weight is 239 g/mol. The van der Waals surface area contributed by atoms with Crippen molar-refractivity contribution < 1.29 is 14.4 Å². The lowest BCUT2D eigenvalue weighted by Gasteiger charge is -2.20. The van der Waals surface area contributed by atoms with Gasteiger partial charge in [-0.05, 0) is 18.9 Å². The van der Waals surface area contributed by atoms with Crippen LogP contribution in [0.25, 0.3) is 0 Å². The summed E-state index contributed by atoms with van der Waals surface area (Å²) in [5.41, 5.74) is 0. The zero-order valence-electron chi connectivity index (χ0n) is 10.1. The van der Waals surface area contributed by atoms with Crippen LogP contribution in [0.2, 0.25) is 0 Å². The molecule has 0 bridgehead atoms. The second kappa shape index (κ2) is 4.83. The van der Waals surface area contributed by atoms with Crippen LogP contribution < -0.4 is 0 Å². The summed E-state index contributed by atoms with van der Waals surface area (Å²) in [5, 5.41) is 13.0. The number of hydrogen-bond donors (Lipinski definition) is 1. The lowest BCUT2D eigenvalue weighted by atomic mass is 10.0. The number of hydrogen-bond acceptors (Lipinski definition) is 5. The van der Waals surface area contributed by atoms with E-state index in [-0.39, 0.29) is 5.92 Å². The summed E-state index contributed by atoms with van der Waals surface area (Å²) < 4.78 is 5.09. The molecular weight excluding hydrogens is 222 g/mol. The molecule has 0 aliphatic carbocycles. The van der Waals surface area contributed by atoms with Crippen molar-refractivity contribution in [2.75, 3.05) is 6.54 Å². The van der Waals surface area contributed by atoms with Gasteiger partial charge in [-0.15, -0.1) is 0 Å². The maximum absolute atomic E-state index is 11.2. The van der Waals surface area contributed by atoms with E-state index in [2.05, 4.69) is 10.1 Å². The van der Waals surface area contributed by atoms with Crippen LogP contribution in [-0.4, -0.2) is 38.7 Å². The van der Waals surface area contributed by atoms with Crippen LogP contribution >= 0.6 is 0 Å². The van der Waals surface area contributed by atoms with Gasteiger partial charge in [-0.25, -0.2) is 0 Å². The molecule has 1 aliphatic heterocycles. The second-order valence-corrected chi connectivity index (χ2v) is 4.48. The number of aliphatic carboxylic acids is 1. The van der Waals surface area contributed by atoms with Crippen molar-refractivity contribution >= 4 is 5.97 Å². The van der Waals surface area contributed by atoms with Gasteiger partial charge in [0, 0.05) is 6.42 Å². The number of nitrogens with zero attached hydrogens (tertiary/aromatic N) is 3. The molecule has 1 saturated heterocycles. The van der Waals surface area contributed by atoms with Crippen LogP contribution in [0.3, 0.4) is 0 Å². The van der Waals surface area contributed by atoms with Gasteiger partial charge in [0.15, 0.2) is 5.82 Å². The van der Waals surface area contributed by atoms with E-state index in [0.29, 0.717) is 18.3 Å². The Kier molecular flexibility index (Phi) is 3.42. The Labute approximate surface area is 99.6 Å². The van der Waals surface area contributed by atoms with E-state index in [1.807, 2.05) is 18.7 Å². The lowest BCUT2D eigenvalue weighted by molar-refractivity contribution is -0.143. The van der Waals surface area contributed by atoms with E-state index in [1.165, 1.54) is 0 Å². The predicted octanol–water partition coefficient (Wildman–Crippen LogP) is 0.927. The highest BCUT2D eigenvalue weighted by Gasteiger charge is 2.37. The van der Waals surface area contributed by atoms with E-state index >= 15 is 0 Å². The van der Waals surface area contributed by atoms with Crippen molar-refractivity contribution in [3.63, 3.8) is 0 Å². The topological polar surface area (TPSA) is 79.5 Å². The van der Waals surface area contributed by atoms with Crippen molar-refractivity contribution in [1.82, 2.24) is 15.0 Å². The summed E-state index contributed by atoms with van der Waals surface area (Å²) in [6.45, 7) is 5.10. The molecule has 94 valence electrons. The molecule has 2 unspecified atom stereocenters. The van der Waals surface area contributed by atoms with Crippen LogP contribution in [-0.2, 0) is 17.8 Å². The molecule has 2 heterocycles. The zero-order chi connectivity index (χ0) is 12.4. The van der Waals surface area contributed by atoms with Crippen molar-refractivity contribution in [1.29, 1.82) is 0 Å². The van der Waals surface area contributed by atoms with Crippen molar-refractivity contribution in [2.45, 2.75) is 39.3 Å². The first kappa shape index (κ1) is 12.0. The molecule has 0 radical (unpaired) electrons. The highest BCUT2D eigenvalue weighted by molar-refractivity contribution is 5.74. The third-order valence-corrected chi connectivity index (χ3v) is 3.22. The molecular formula is C11H17N3O3. The summed E-state index contributed by atoms with van der Waals surface area (Å²) in [5.74, 6) is 0.563. The first-order valence-electron chi connectivity index (χ1n) is 5.90. The minimum atomic E-state index is -0.773. The summed E-state index contributed by atoms with van der Waals surface area (Å²) in [6, 6.07) is -0.438. The molecule has 1 N–H and O–H groups in total. The zero-order valence-corrected chi connectivity index (χ0v) is 10.1. The van der Waals surface area contributed by atoms with E-state index in [4.69, 9.17) is 4.52 Å². The number of carboxylic acids is 1. The lowest BCUT2D eigenvalue weighted by Crippen LogP contribution is -2.38. The number of aromatic nitrogens is 2. The second-order valence-electron chi connectivity index (χ2n) is 4.48. The van der Waals surface area contributed by atoms with Crippen LogP contribution in [0.1, 0.15) is 32.0 Å². The quantitative estimate of drug-likeness (QED) is 0.841. The molecule has 0 aromatic carbocycles. The number of carboxylic acid groups (broad SMARTS) is 1. The van der Waals surface area contributed by atoms with Gasteiger partial charge in [-0.1, -0.05) is 19.0 Å². The van der Waals surface area contributed by atoms with Crippen molar-refractivity contribution in [3.05, 3.63) is 11.7 Å². The Bertz CT molecular complexity index is 404. The number of rotatable bonds is 4. The third-order valence-electron chi connectivity index (χ3n) is 3.22. The van der Waals surface area contributed by atoms with Crippen LogP contribution in [0, 0.1) is 5.92 Å². The van der Waals surface area contributed by atoms with Gasteiger partial charge in [-0.2, -0.15) is 4.98 Å². The summed E-state index contributed by atoms with van der Waals surface area (Å²) >= 11 is 0. The Morgan fingerprint density at radius 1 is 1.65 bits per heavy atom. The molecule has 2 rings (SSSR count). The van der Waals surface area contributed by atoms with E-state index in [0.717, 1.165) is 19.4 Å². The molecule has 1 aliphatic rings. The number of likely N-dealkylation sites (tertiary alicyclic amines) is 1. The van der Waals surface area contributed by atoms with Gasteiger partial charge in [0.25, 0.3) is 0 Å². The molecule has 1 aromatic heterocycles. The maximum Gasteiger partial charge on any atom is 0.321 e. The normalized spacial score (nSPS) is 25.3.